The molecule has 1 saturated carbocycles. The summed E-state index contributed by atoms with van der Waals surface area (Å²) in [6.45, 7) is 0. The third-order valence-electron chi connectivity index (χ3n) is 5.67. The number of fused-ring (bicyclic) bond motifs is 1. The van der Waals surface area contributed by atoms with Gasteiger partial charge in [0.25, 0.3) is 0 Å². The second-order valence-corrected chi connectivity index (χ2v) is 7.32. The first-order valence-corrected chi connectivity index (χ1v) is 9.39. The fourth-order valence-electron chi connectivity index (χ4n) is 4.28. The van der Waals surface area contributed by atoms with Gasteiger partial charge >= 0.3 is 6.18 Å². The lowest BCUT2D eigenvalue weighted by molar-refractivity contribution is -0.137. The van der Waals surface area contributed by atoms with E-state index < -0.39 is 23.6 Å². The van der Waals surface area contributed by atoms with Crippen LogP contribution in [0.1, 0.15) is 37.7 Å². The number of benzene rings is 1. The minimum atomic E-state index is -4.41. The Kier molecular flexibility index (Phi) is 4.71. The van der Waals surface area contributed by atoms with Crippen molar-refractivity contribution in [3.63, 3.8) is 0 Å². The molecule has 8 heteroatoms. The largest absolute Gasteiger partial charge is 0.416 e. The summed E-state index contributed by atoms with van der Waals surface area (Å²) in [5, 5.41) is 4.37. The van der Waals surface area contributed by atoms with Crippen molar-refractivity contribution in [3.8, 4) is 11.1 Å². The Morgan fingerprint density at radius 3 is 2.64 bits per heavy atom. The first kappa shape index (κ1) is 19.0. The SMILES string of the molecule is COC1(N2c3c(-c4cccc(C(F)(F)F)c4)cnn3C=CC2N)CCCCC1. The summed E-state index contributed by atoms with van der Waals surface area (Å²) >= 11 is 0. The maximum Gasteiger partial charge on any atom is 0.416 e. The maximum absolute atomic E-state index is 13.2. The fourth-order valence-corrected chi connectivity index (χ4v) is 4.28. The molecular formula is C20H23F3N4O. The highest BCUT2D eigenvalue weighted by Gasteiger charge is 2.44. The smallest absolute Gasteiger partial charge is 0.359 e. The quantitative estimate of drug-likeness (QED) is 0.838. The number of methoxy groups -OCH3 is 1. The van der Waals surface area contributed by atoms with Gasteiger partial charge in [-0.1, -0.05) is 18.6 Å². The second-order valence-electron chi connectivity index (χ2n) is 7.32. The van der Waals surface area contributed by atoms with Crippen LogP contribution >= 0.6 is 0 Å². The van der Waals surface area contributed by atoms with Gasteiger partial charge in [0, 0.05) is 18.9 Å². The van der Waals surface area contributed by atoms with E-state index in [1.54, 1.807) is 30.3 Å². The summed E-state index contributed by atoms with van der Waals surface area (Å²) < 4.78 is 47.3. The molecule has 2 aliphatic rings. The Morgan fingerprint density at radius 2 is 1.96 bits per heavy atom. The molecule has 0 bridgehead atoms. The van der Waals surface area contributed by atoms with Gasteiger partial charge in [0.1, 0.15) is 17.7 Å². The zero-order valence-corrected chi connectivity index (χ0v) is 15.6. The van der Waals surface area contributed by atoms with E-state index in [4.69, 9.17) is 10.5 Å². The Bertz CT molecular complexity index is 884. The van der Waals surface area contributed by atoms with E-state index in [0.29, 0.717) is 16.9 Å². The molecule has 1 fully saturated rings. The van der Waals surface area contributed by atoms with Crippen molar-refractivity contribution in [2.75, 3.05) is 12.0 Å². The Labute approximate surface area is 161 Å². The summed E-state index contributed by atoms with van der Waals surface area (Å²) in [6, 6.07) is 5.30. The number of hydrogen-bond donors (Lipinski definition) is 1. The van der Waals surface area contributed by atoms with Gasteiger partial charge in [-0.15, -0.1) is 0 Å². The highest BCUT2D eigenvalue weighted by Crippen LogP contribution is 2.44. The van der Waals surface area contributed by atoms with E-state index in [1.165, 1.54) is 6.07 Å². The molecule has 0 amide bonds. The minimum Gasteiger partial charge on any atom is -0.359 e. The lowest BCUT2D eigenvalue weighted by atomic mass is 9.89. The fraction of sp³-hybridized carbons (Fsp3) is 0.450. The minimum absolute atomic E-state index is 0.450. The van der Waals surface area contributed by atoms with Gasteiger partial charge in [-0.05, 0) is 49.5 Å². The topological polar surface area (TPSA) is 56.3 Å². The number of alkyl halides is 3. The second kappa shape index (κ2) is 6.93. The molecule has 0 saturated heterocycles. The maximum atomic E-state index is 13.2. The number of halogens is 3. The zero-order chi connectivity index (χ0) is 19.9. The molecule has 1 aromatic carbocycles. The Balaban J connectivity index is 1.84. The molecule has 5 nitrogen and oxygen atoms in total. The molecule has 1 aromatic heterocycles. The highest BCUT2D eigenvalue weighted by molar-refractivity contribution is 5.79. The van der Waals surface area contributed by atoms with Gasteiger partial charge in [0.2, 0.25) is 0 Å². The van der Waals surface area contributed by atoms with Gasteiger partial charge in [0.05, 0.1) is 11.8 Å². The van der Waals surface area contributed by atoms with Crippen LogP contribution in [-0.4, -0.2) is 28.8 Å². The van der Waals surface area contributed by atoms with Crippen molar-refractivity contribution in [2.24, 2.45) is 5.73 Å². The molecule has 0 radical (unpaired) electrons. The Morgan fingerprint density at radius 1 is 1.21 bits per heavy atom. The van der Waals surface area contributed by atoms with Crippen molar-refractivity contribution in [1.29, 1.82) is 0 Å². The molecule has 1 unspecified atom stereocenters. The molecule has 150 valence electrons. The van der Waals surface area contributed by atoms with Gasteiger partial charge in [-0.2, -0.15) is 18.3 Å². The summed E-state index contributed by atoms with van der Waals surface area (Å²) in [6.07, 6.45) is 5.06. The van der Waals surface area contributed by atoms with Crippen LogP contribution in [0.15, 0.2) is 36.5 Å². The van der Waals surface area contributed by atoms with E-state index in [-0.39, 0.29) is 0 Å². The van der Waals surface area contributed by atoms with Crippen LogP contribution in [0.4, 0.5) is 19.0 Å². The highest BCUT2D eigenvalue weighted by atomic mass is 19.4. The molecule has 2 heterocycles. The predicted octanol–water partition coefficient (Wildman–Crippen LogP) is 4.45. The van der Waals surface area contributed by atoms with Crippen LogP contribution in [0, 0.1) is 0 Å². The van der Waals surface area contributed by atoms with Crippen molar-refractivity contribution in [3.05, 3.63) is 42.1 Å². The molecule has 1 aliphatic heterocycles. The van der Waals surface area contributed by atoms with Gasteiger partial charge in [-0.3, -0.25) is 0 Å². The normalized spacial score (nSPS) is 21.6. The third kappa shape index (κ3) is 3.10. The average Bonchev–Trinajstić information content (AvgIpc) is 3.12. The average molecular weight is 392 g/mol. The molecule has 0 spiro atoms. The van der Waals surface area contributed by atoms with E-state index in [0.717, 1.165) is 44.2 Å². The summed E-state index contributed by atoms with van der Waals surface area (Å²) in [7, 11) is 1.67. The first-order valence-electron chi connectivity index (χ1n) is 9.39. The lowest BCUT2D eigenvalue weighted by Gasteiger charge is -2.49. The van der Waals surface area contributed by atoms with Crippen molar-refractivity contribution < 1.29 is 17.9 Å². The Hall–Kier alpha value is -2.32. The van der Waals surface area contributed by atoms with Crippen LogP contribution in [0.3, 0.4) is 0 Å². The number of anilines is 1. The number of aromatic nitrogens is 2. The summed E-state index contributed by atoms with van der Waals surface area (Å²) in [5.74, 6) is 0.665. The first-order chi connectivity index (χ1) is 13.4. The molecule has 1 aliphatic carbocycles. The van der Waals surface area contributed by atoms with E-state index in [9.17, 15) is 13.2 Å². The number of ether oxygens (including phenoxy) is 1. The van der Waals surface area contributed by atoms with Crippen LogP contribution in [-0.2, 0) is 10.9 Å². The number of hydrogen-bond acceptors (Lipinski definition) is 4. The van der Waals surface area contributed by atoms with Crippen LogP contribution in [0.5, 0.6) is 0 Å². The van der Waals surface area contributed by atoms with E-state index in [1.807, 2.05) is 11.0 Å². The van der Waals surface area contributed by atoms with Crippen molar-refractivity contribution >= 4 is 12.0 Å². The zero-order valence-electron chi connectivity index (χ0n) is 15.6. The number of nitrogens with zero attached hydrogens (tertiary/aromatic N) is 3. The van der Waals surface area contributed by atoms with E-state index in [2.05, 4.69) is 5.10 Å². The lowest BCUT2D eigenvalue weighted by Crippen LogP contribution is -2.60. The number of nitrogens with two attached hydrogens (primary N) is 1. The monoisotopic (exact) mass is 392 g/mol. The third-order valence-corrected chi connectivity index (χ3v) is 5.67. The van der Waals surface area contributed by atoms with Crippen molar-refractivity contribution in [1.82, 2.24) is 9.78 Å². The van der Waals surface area contributed by atoms with Crippen LogP contribution in [0.2, 0.25) is 0 Å². The standard InChI is InChI=1S/C20H23F3N4O/c1-28-19(9-3-2-4-10-19)27-17(24)8-11-26-18(27)16(13-25-26)14-6-5-7-15(12-14)20(21,22)23/h5-8,11-13,17H,2-4,9-10,24H2,1H3. The predicted molar refractivity (Wildman–Crippen MR) is 101 cm³/mol. The molecular weight excluding hydrogens is 369 g/mol. The molecule has 1 atom stereocenters. The van der Waals surface area contributed by atoms with Crippen molar-refractivity contribution in [2.45, 2.75) is 50.2 Å². The molecule has 28 heavy (non-hydrogen) atoms. The van der Waals surface area contributed by atoms with Crippen LogP contribution < -0.4 is 10.6 Å². The van der Waals surface area contributed by atoms with Crippen LogP contribution in [0.25, 0.3) is 17.3 Å². The summed E-state index contributed by atoms with van der Waals surface area (Å²) in [4.78, 5) is 1.98. The number of rotatable bonds is 3. The van der Waals surface area contributed by atoms with Gasteiger partial charge in [-0.25, -0.2) is 4.68 Å². The van der Waals surface area contributed by atoms with Gasteiger partial charge in [0.15, 0.2) is 0 Å². The molecule has 2 N–H and O–H groups in total. The summed E-state index contributed by atoms with van der Waals surface area (Å²) in [5.41, 5.74) is 6.19. The molecule has 4 rings (SSSR count). The molecule has 2 aromatic rings. The van der Waals surface area contributed by atoms with Gasteiger partial charge < -0.3 is 15.4 Å². The van der Waals surface area contributed by atoms with E-state index >= 15 is 0 Å².